The van der Waals surface area contributed by atoms with Gasteiger partial charge in [-0.1, -0.05) is 12.1 Å². The van der Waals surface area contributed by atoms with Crippen LogP contribution < -0.4 is 37.8 Å². The topological polar surface area (TPSA) is 363 Å². The van der Waals surface area contributed by atoms with E-state index in [0.717, 1.165) is 4.90 Å². The Morgan fingerprint density at radius 1 is 0.875 bits per heavy atom. The van der Waals surface area contributed by atoms with Crippen molar-refractivity contribution < 1.29 is 69.2 Å². The van der Waals surface area contributed by atoms with Crippen molar-refractivity contribution >= 4 is 47.8 Å². The van der Waals surface area contributed by atoms with Gasteiger partial charge in [-0.2, -0.15) is 0 Å². The number of rotatable bonds is 27. The van der Waals surface area contributed by atoms with Crippen LogP contribution in [0.5, 0.6) is 5.75 Å². The van der Waals surface area contributed by atoms with Crippen LogP contribution in [-0.2, 0) is 33.6 Å². The van der Waals surface area contributed by atoms with E-state index in [9.17, 15) is 64.0 Å². The van der Waals surface area contributed by atoms with Gasteiger partial charge in [0.1, 0.15) is 36.0 Å². The molecule has 0 heterocycles. The number of hydrogen-bond acceptors (Lipinski definition) is 15. The number of aliphatic carboxylic acids is 1. The highest BCUT2D eigenvalue weighted by Crippen LogP contribution is 2.15. The van der Waals surface area contributed by atoms with Gasteiger partial charge >= 0.3 is 5.97 Å². The number of para-hydroxylation sites is 1. The lowest BCUT2D eigenvalue weighted by Crippen LogP contribution is -2.60. The second-order valence-corrected chi connectivity index (χ2v) is 12.5. The molecule has 7 amide bonds. The maximum atomic E-state index is 13.7. The number of phenolic OH excluding ortho intramolecular Hbond substituents is 1. The van der Waals surface area contributed by atoms with E-state index in [1.165, 1.54) is 38.2 Å². The third kappa shape index (κ3) is 16.5. The number of hydrogen-bond donors (Lipinski definition) is 13. The Balaban J connectivity index is 3.09. The molecule has 0 spiro atoms. The molecule has 0 aromatic heterocycles. The molecule has 0 aliphatic carbocycles. The number of aliphatic hydroxyl groups excluding tert-OH is 2. The van der Waals surface area contributed by atoms with Crippen molar-refractivity contribution in [3.63, 3.8) is 0 Å². The molecule has 0 saturated heterocycles. The number of carbonyl (C=O) groups is 8. The summed E-state index contributed by atoms with van der Waals surface area (Å²) in [6, 6.07) is -2.00. The number of carboxylic acids is 1. The number of benzene rings is 1. The zero-order valence-electron chi connectivity index (χ0n) is 31.1. The minimum atomic E-state index is -1.69. The molecular formula is C33H53N9O14. The van der Waals surface area contributed by atoms with Crippen molar-refractivity contribution in [2.75, 3.05) is 39.8 Å². The van der Waals surface area contributed by atoms with Gasteiger partial charge in [0.15, 0.2) is 0 Å². The van der Waals surface area contributed by atoms with Crippen molar-refractivity contribution in [1.82, 2.24) is 42.0 Å². The van der Waals surface area contributed by atoms with Crippen LogP contribution in [0.25, 0.3) is 0 Å². The van der Waals surface area contributed by atoms with Crippen molar-refractivity contribution in [2.45, 2.75) is 81.8 Å². The van der Waals surface area contributed by atoms with Crippen LogP contribution in [0, 0.1) is 0 Å². The molecule has 23 nitrogen and oxygen atoms in total. The number of likely N-dealkylation sites (N-methyl/N-ethyl adjacent to an activating group) is 1. The summed E-state index contributed by atoms with van der Waals surface area (Å²) in [5.74, 6) is -7.48. The number of amides is 7. The predicted octanol–water partition coefficient (Wildman–Crippen LogP) is -4.53. The lowest BCUT2D eigenvalue weighted by atomic mass is 10.0. The van der Waals surface area contributed by atoms with Crippen molar-refractivity contribution in [3.05, 3.63) is 29.8 Å². The van der Waals surface area contributed by atoms with E-state index in [2.05, 4.69) is 26.6 Å². The first-order chi connectivity index (χ1) is 26.5. The molecule has 6 atom stereocenters. The standard InChI is InChI=1S/C33H53N9O14/c1-19(45)27(40-26(47)16-35-29(49)23(17-43)39-28(48)20-8-3-4-12-25(20)46)32(52)41(2)24(11-6-14-36-55)31(51)37-21(9-5-13-34)30(50)38-22(33(53)54)10-7-15-42(56)18-44/h3-4,8,12,18-19,21-24,27,36,43,45-46,55-56H,5-7,9-11,13-17,34H2,1-2H3,(H,35,49)(H,37,51)(H,38,50)(H,39,48)(H,40,47)(H,53,54). The second kappa shape index (κ2) is 25.6. The fraction of sp³-hybridized carbons (Fsp3) is 0.576. The van der Waals surface area contributed by atoms with Gasteiger partial charge in [-0.15, -0.1) is 0 Å². The number of carboxylic acid groups (broad SMARTS) is 1. The summed E-state index contributed by atoms with van der Waals surface area (Å²) in [6.45, 7) is -0.666. The van der Waals surface area contributed by atoms with Crippen molar-refractivity contribution in [3.8, 4) is 5.75 Å². The minimum absolute atomic E-state index is 0.00416. The molecule has 1 aromatic rings. The zero-order chi connectivity index (χ0) is 42.4. The predicted molar refractivity (Wildman–Crippen MR) is 192 cm³/mol. The van der Waals surface area contributed by atoms with E-state index < -0.39 is 90.9 Å². The van der Waals surface area contributed by atoms with E-state index in [-0.39, 0.29) is 75.9 Å². The SMILES string of the molecule is CC(O)C(NC(=O)CNC(=O)C(CO)NC(=O)c1ccccc1O)C(=O)N(C)C(CCCNO)C(=O)NC(CCCN)C(=O)NC(CCCN(O)C=O)C(=O)O. The van der Waals surface area contributed by atoms with Crippen LogP contribution in [0.4, 0.5) is 0 Å². The third-order valence-corrected chi connectivity index (χ3v) is 8.27. The maximum absolute atomic E-state index is 13.7. The highest BCUT2D eigenvalue weighted by molar-refractivity contribution is 6.00. The molecular weight excluding hydrogens is 746 g/mol. The second-order valence-electron chi connectivity index (χ2n) is 12.5. The number of aromatic hydroxyl groups is 1. The number of phenols is 1. The van der Waals surface area contributed by atoms with E-state index in [1.807, 2.05) is 5.48 Å². The Bertz CT molecular complexity index is 1480. The van der Waals surface area contributed by atoms with E-state index in [0.29, 0.717) is 5.06 Å². The first-order valence-electron chi connectivity index (χ1n) is 17.6. The molecule has 0 radical (unpaired) electrons. The number of carbonyl (C=O) groups excluding carboxylic acids is 7. The van der Waals surface area contributed by atoms with Gasteiger partial charge in [-0.25, -0.2) is 15.3 Å². The molecule has 0 aliphatic rings. The molecule has 0 saturated carbocycles. The summed E-state index contributed by atoms with van der Waals surface area (Å²) in [6.07, 6.45) is -1.49. The van der Waals surface area contributed by atoms with Gasteiger partial charge < -0.3 is 62.9 Å². The zero-order valence-corrected chi connectivity index (χ0v) is 31.1. The molecule has 0 bridgehead atoms. The molecule has 0 fully saturated rings. The minimum Gasteiger partial charge on any atom is -0.507 e. The molecule has 23 heteroatoms. The van der Waals surface area contributed by atoms with Crippen LogP contribution in [0.1, 0.15) is 55.8 Å². The number of hydroxylamine groups is 3. The van der Waals surface area contributed by atoms with Crippen LogP contribution in [0.3, 0.4) is 0 Å². The Hall–Kier alpha value is -5.46. The quantitative estimate of drug-likeness (QED) is 0.0173. The lowest BCUT2D eigenvalue weighted by Gasteiger charge is -2.33. The average molecular weight is 800 g/mol. The first-order valence-corrected chi connectivity index (χ1v) is 17.6. The van der Waals surface area contributed by atoms with Crippen molar-refractivity contribution in [2.24, 2.45) is 5.73 Å². The van der Waals surface area contributed by atoms with E-state index in [4.69, 9.17) is 10.9 Å². The first kappa shape index (κ1) is 48.6. The smallest absolute Gasteiger partial charge is 0.326 e. The van der Waals surface area contributed by atoms with Gasteiger partial charge in [-0.05, 0) is 64.1 Å². The normalized spacial score (nSPS) is 14.1. The highest BCUT2D eigenvalue weighted by atomic mass is 16.5. The Morgan fingerprint density at radius 3 is 2.09 bits per heavy atom. The molecule has 56 heavy (non-hydrogen) atoms. The summed E-state index contributed by atoms with van der Waals surface area (Å²) < 4.78 is 0. The van der Waals surface area contributed by atoms with Gasteiger partial charge in [0, 0.05) is 20.1 Å². The highest BCUT2D eigenvalue weighted by Gasteiger charge is 2.36. The van der Waals surface area contributed by atoms with E-state index in [1.54, 1.807) is 0 Å². The largest absolute Gasteiger partial charge is 0.507 e. The monoisotopic (exact) mass is 799 g/mol. The number of nitrogens with two attached hydrogens (primary N) is 1. The summed E-state index contributed by atoms with van der Waals surface area (Å²) in [7, 11) is 1.18. The van der Waals surface area contributed by atoms with Crippen LogP contribution in [0.15, 0.2) is 24.3 Å². The van der Waals surface area contributed by atoms with Gasteiger partial charge in [0.2, 0.25) is 35.9 Å². The molecule has 1 aromatic carbocycles. The van der Waals surface area contributed by atoms with Crippen LogP contribution in [-0.4, -0.2) is 165 Å². The number of nitrogens with zero attached hydrogens (tertiary/aromatic N) is 2. The maximum Gasteiger partial charge on any atom is 0.326 e. The third-order valence-electron chi connectivity index (χ3n) is 8.27. The summed E-state index contributed by atoms with van der Waals surface area (Å²) in [5, 5.41) is 69.7. The van der Waals surface area contributed by atoms with Gasteiger partial charge in [0.25, 0.3) is 5.91 Å². The molecule has 1 rings (SSSR count). The number of nitrogens with one attached hydrogen (secondary N) is 6. The van der Waals surface area contributed by atoms with Crippen molar-refractivity contribution in [1.29, 1.82) is 0 Å². The molecule has 314 valence electrons. The Labute approximate surface area is 321 Å². The lowest BCUT2D eigenvalue weighted by molar-refractivity contribution is -0.150. The summed E-state index contributed by atoms with van der Waals surface area (Å²) in [5.41, 5.74) is 7.33. The van der Waals surface area contributed by atoms with Gasteiger partial charge in [-0.3, -0.25) is 38.8 Å². The fourth-order valence-corrected chi connectivity index (χ4v) is 5.15. The number of aliphatic hydroxyl groups is 2. The molecule has 6 unspecified atom stereocenters. The molecule has 14 N–H and O–H groups in total. The Morgan fingerprint density at radius 2 is 1.52 bits per heavy atom. The average Bonchev–Trinajstić information content (AvgIpc) is 3.16. The fourth-order valence-electron chi connectivity index (χ4n) is 5.15. The Kier molecular flexibility index (Phi) is 22.2. The van der Waals surface area contributed by atoms with Crippen LogP contribution in [0.2, 0.25) is 0 Å². The molecule has 0 aliphatic heterocycles. The van der Waals surface area contributed by atoms with Gasteiger partial charge in [0.05, 0.1) is 24.8 Å². The van der Waals surface area contributed by atoms with E-state index >= 15 is 0 Å². The summed E-state index contributed by atoms with van der Waals surface area (Å²) >= 11 is 0. The van der Waals surface area contributed by atoms with Crippen LogP contribution >= 0.6 is 0 Å². The summed E-state index contributed by atoms with van der Waals surface area (Å²) in [4.78, 5) is 102.